The number of benzene rings is 4. The summed E-state index contributed by atoms with van der Waals surface area (Å²) in [5.74, 6) is 1.74. The number of aromatic nitrogens is 1. The molecule has 1 heterocycles. The van der Waals surface area contributed by atoms with Gasteiger partial charge in [-0.1, -0.05) is 43.0 Å². The van der Waals surface area contributed by atoms with E-state index < -0.39 is 0 Å². The number of hydrogen-bond donors (Lipinski definition) is 0. The van der Waals surface area contributed by atoms with Crippen molar-refractivity contribution in [3.63, 3.8) is 0 Å². The summed E-state index contributed by atoms with van der Waals surface area (Å²) in [5.41, 5.74) is 4.89. The minimum atomic E-state index is 0.333. The molecule has 4 aromatic carbocycles. The van der Waals surface area contributed by atoms with Gasteiger partial charge in [0.15, 0.2) is 0 Å². The number of thiocarbonyl (C=S) groups is 2. The van der Waals surface area contributed by atoms with Crippen molar-refractivity contribution in [1.29, 1.82) is 0 Å². The Morgan fingerprint density at radius 1 is 0.711 bits per heavy atom. The van der Waals surface area contributed by atoms with Crippen molar-refractivity contribution in [2.45, 2.75) is 0 Å². The van der Waals surface area contributed by atoms with E-state index in [0.717, 1.165) is 32.0 Å². The molecule has 0 amide bonds. The summed E-state index contributed by atoms with van der Waals surface area (Å²) in [5, 5.41) is 1.64. The Morgan fingerprint density at radius 3 is 1.84 bits per heavy atom. The van der Waals surface area contributed by atoms with E-state index in [4.69, 9.17) is 43.9 Å². The average Bonchev–Trinajstić information content (AvgIpc) is 3.48. The number of thiazole rings is 1. The smallest absolute Gasteiger partial charge is 0.264 e. The predicted octanol–water partition coefficient (Wildman–Crippen LogP) is 7.97. The summed E-state index contributed by atoms with van der Waals surface area (Å²) in [7, 11) is 9.32. The highest BCUT2D eigenvalue weighted by atomic mass is 32.1. The Morgan fingerprint density at radius 2 is 1.24 bits per heavy atom. The topological polar surface area (TPSA) is 53.4 Å². The highest BCUT2D eigenvalue weighted by molar-refractivity contribution is 7.80. The molecule has 10 heteroatoms. The molecule has 7 nitrogen and oxygen atoms in total. The van der Waals surface area contributed by atoms with Gasteiger partial charge in [0, 0.05) is 52.1 Å². The van der Waals surface area contributed by atoms with Crippen LogP contribution in [0.3, 0.4) is 0 Å². The van der Waals surface area contributed by atoms with E-state index in [-0.39, 0.29) is 0 Å². The maximum absolute atomic E-state index is 6.14. The van der Waals surface area contributed by atoms with Crippen LogP contribution in [0.5, 0.6) is 11.5 Å². The molecular formula is C35H33N5O2S3. The zero-order valence-corrected chi connectivity index (χ0v) is 28.2. The molecular weight excluding hydrogens is 619 g/mol. The van der Waals surface area contributed by atoms with E-state index in [1.165, 1.54) is 0 Å². The third-order valence-electron chi connectivity index (χ3n) is 6.80. The average molecular weight is 652 g/mol. The predicted molar refractivity (Wildman–Crippen MR) is 196 cm³/mol. The highest BCUT2D eigenvalue weighted by Crippen LogP contribution is 2.33. The number of ether oxygens (including phenoxy) is 2. The van der Waals surface area contributed by atoms with Crippen molar-refractivity contribution < 1.29 is 9.47 Å². The van der Waals surface area contributed by atoms with Crippen LogP contribution in [0.1, 0.15) is 11.1 Å². The normalized spacial score (nSPS) is 11.2. The maximum Gasteiger partial charge on any atom is 0.264 e. The van der Waals surface area contributed by atoms with Gasteiger partial charge in [0.25, 0.3) is 10.3 Å². The fourth-order valence-corrected chi connectivity index (χ4v) is 5.51. The second kappa shape index (κ2) is 14.0. The molecule has 0 bridgehead atoms. The summed E-state index contributed by atoms with van der Waals surface area (Å²) in [6.07, 6.45) is 0. The van der Waals surface area contributed by atoms with Crippen LogP contribution < -0.4 is 14.4 Å². The number of rotatable bonds is 7. The van der Waals surface area contributed by atoms with Crippen molar-refractivity contribution >= 4 is 73.6 Å². The quantitative estimate of drug-likeness (QED) is 0.0998. The molecule has 228 valence electrons. The summed E-state index contributed by atoms with van der Waals surface area (Å²) in [4.78, 5) is 15.4. The molecule has 0 aliphatic carbocycles. The van der Waals surface area contributed by atoms with Gasteiger partial charge in [-0.15, -0.1) is 11.3 Å². The van der Waals surface area contributed by atoms with Crippen molar-refractivity contribution in [3.05, 3.63) is 115 Å². The minimum absolute atomic E-state index is 0.333. The summed E-state index contributed by atoms with van der Waals surface area (Å²) >= 11 is 12.6. The third-order valence-corrected chi connectivity index (χ3v) is 8.79. The first-order valence-electron chi connectivity index (χ1n) is 14.1. The third kappa shape index (κ3) is 7.37. The first-order valence-corrected chi connectivity index (χ1v) is 15.7. The molecule has 0 spiro atoms. The van der Waals surface area contributed by atoms with E-state index in [9.17, 15) is 0 Å². The van der Waals surface area contributed by atoms with E-state index in [2.05, 4.69) is 36.9 Å². The standard InChI is InChI=1S/C35H33N5O2S3/c1-23(26-13-7-10-16-29(26)41-34(43)38(2)3)36-32(27-14-8-11-17-30(27)42-35(44)39(4)5)40(6)25-21-19-24(20-22-25)33-37-28-15-9-12-18-31(28)45-33/h7-22H,1H2,2-6H3/b36-32-. The van der Waals surface area contributed by atoms with Crippen LogP contribution in [0, 0.1) is 0 Å². The lowest BCUT2D eigenvalue weighted by atomic mass is 10.1. The summed E-state index contributed by atoms with van der Waals surface area (Å²) in [6, 6.07) is 31.7. The lowest BCUT2D eigenvalue weighted by molar-refractivity contribution is 0.448. The molecule has 0 radical (unpaired) electrons. The summed E-state index contributed by atoms with van der Waals surface area (Å²) in [6.45, 7) is 4.34. The van der Waals surface area contributed by atoms with Gasteiger partial charge in [-0.05, 0) is 85.1 Å². The van der Waals surface area contributed by atoms with Crippen LogP contribution in [0.25, 0.3) is 26.5 Å². The van der Waals surface area contributed by atoms with Crippen LogP contribution in [0.2, 0.25) is 0 Å². The fourth-order valence-electron chi connectivity index (χ4n) is 4.35. The first-order chi connectivity index (χ1) is 21.6. The number of para-hydroxylation sites is 3. The Kier molecular flexibility index (Phi) is 9.87. The molecule has 0 atom stereocenters. The number of fused-ring (bicyclic) bond motifs is 1. The Hall–Kier alpha value is -4.64. The maximum atomic E-state index is 6.14. The van der Waals surface area contributed by atoms with Crippen LogP contribution in [0.4, 0.5) is 5.69 Å². The van der Waals surface area contributed by atoms with Gasteiger partial charge >= 0.3 is 0 Å². The van der Waals surface area contributed by atoms with Gasteiger partial charge in [-0.25, -0.2) is 9.98 Å². The molecule has 0 aliphatic rings. The van der Waals surface area contributed by atoms with Crippen LogP contribution >= 0.6 is 35.8 Å². The lowest BCUT2D eigenvalue weighted by Gasteiger charge is -2.25. The number of amidine groups is 1. The zero-order valence-electron chi connectivity index (χ0n) is 25.7. The van der Waals surface area contributed by atoms with Gasteiger partial charge in [0.2, 0.25) is 0 Å². The molecule has 0 aliphatic heterocycles. The van der Waals surface area contributed by atoms with Crippen LogP contribution in [-0.4, -0.2) is 66.2 Å². The van der Waals surface area contributed by atoms with Crippen LogP contribution in [0.15, 0.2) is 109 Å². The largest absolute Gasteiger partial charge is 0.431 e. The lowest BCUT2D eigenvalue weighted by Crippen LogP contribution is -2.30. The molecule has 0 saturated carbocycles. The van der Waals surface area contributed by atoms with Gasteiger partial charge in [0.1, 0.15) is 22.3 Å². The van der Waals surface area contributed by atoms with Crippen molar-refractivity contribution in [2.75, 3.05) is 40.1 Å². The second-order valence-electron chi connectivity index (χ2n) is 10.5. The minimum Gasteiger partial charge on any atom is -0.431 e. The van der Waals surface area contributed by atoms with E-state index >= 15 is 0 Å². The van der Waals surface area contributed by atoms with E-state index in [0.29, 0.717) is 38.9 Å². The van der Waals surface area contributed by atoms with Gasteiger partial charge in [0.05, 0.1) is 21.5 Å². The van der Waals surface area contributed by atoms with Crippen molar-refractivity contribution in [3.8, 4) is 22.1 Å². The van der Waals surface area contributed by atoms with Crippen molar-refractivity contribution in [1.82, 2.24) is 14.8 Å². The van der Waals surface area contributed by atoms with Gasteiger partial charge in [-0.3, -0.25) is 0 Å². The number of hydrogen-bond acceptors (Lipinski definition) is 7. The molecule has 0 fully saturated rings. The van der Waals surface area contributed by atoms with Gasteiger partial charge < -0.3 is 24.2 Å². The van der Waals surface area contributed by atoms with Gasteiger partial charge in [-0.2, -0.15) is 0 Å². The highest BCUT2D eigenvalue weighted by Gasteiger charge is 2.20. The molecule has 0 saturated heterocycles. The molecule has 0 N–H and O–H groups in total. The molecule has 0 unspecified atom stereocenters. The molecule has 5 aromatic rings. The number of anilines is 1. The molecule has 5 rings (SSSR count). The number of aliphatic imine (C=N–C) groups is 1. The zero-order chi connectivity index (χ0) is 32.1. The number of nitrogens with zero attached hydrogens (tertiary/aromatic N) is 5. The first kappa shape index (κ1) is 31.8. The molecule has 1 aromatic heterocycles. The Balaban J connectivity index is 1.56. The second-order valence-corrected chi connectivity index (χ2v) is 12.2. The SMILES string of the molecule is C=C(/N=C(/c1ccccc1OC(=S)N(C)C)N(C)c1ccc(-c2nc3ccccc3s2)cc1)c1ccccc1OC(=S)N(C)C. The summed E-state index contributed by atoms with van der Waals surface area (Å²) < 4.78 is 13.3. The monoisotopic (exact) mass is 651 g/mol. The van der Waals surface area contributed by atoms with E-state index in [1.54, 1.807) is 21.1 Å². The Labute approximate surface area is 278 Å². The fraction of sp³-hybridized carbons (Fsp3) is 0.143. The van der Waals surface area contributed by atoms with Crippen molar-refractivity contribution in [2.24, 2.45) is 4.99 Å². The van der Waals surface area contributed by atoms with E-state index in [1.807, 2.05) is 107 Å². The van der Waals surface area contributed by atoms with Crippen LogP contribution in [-0.2, 0) is 0 Å². The Bertz CT molecular complexity index is 1860. The molecule has 45 heavy (non-hydrogen) atoms.